The van der Waals surface area contributed by atoms with E-state index < -0.39 is 5.54 Å². The van der Waals surface area contributed by atoms with Crippen molar-refractivity contribution < 1.29 is 9.90 Å². The molecule has 1 atom stereocenters. The molecular weight excluding hydrogens is 286 g/mol. The molecule has 1 unspecified atom stereocenters. The van der Waals surface area contributed by atoms with Crippen LogP contribution in [0.1, 0.15) is 42.9 Å². The van der Waals surface area contributed by atoms with Crippen molar-refractivity contribution in [3.05, 3.63) is 71.3 Å². The third-order valence-corrected chi connectivity index (χ3v) is 4.03. The van der Waals surface area contributed by atoms with Crippen LogP contribution in [0.3, 0.4) is 0 Å². The molecule has 122 valence electrons. The lowest BCUT2D eigenvalue weighted by atomic mass is 9.85. The van der Waals surface area contributed by atoms with Crippen LogP contribution in [-0.2, 0) is 4.79 Å². The number of nitrogens with one attached hydrogen (secondary N) is 1. The van der Waals surface area contributed by atoms with Crippen molar-refractivity contribution in [1.29, 1.82) is 0 Å². The zero-order valence-electron chi connectivity index (χ0n) is 14.0. The Hall–Kier alpha value is -2.13. The van der Waals surface area contributed by atoms with Crippen LogP contribution in [-0.4, -0.2) is 23.2 Å². The second-order valence-corrected chi connectivity index (χ2v) is 6.61. The van der Waals surface area contributed by atoms with Crippen molar-refractivity contribution in [3.8, 4) is 0 Å². The quantitative estimate of drug-likeness (QED) is 0.859. The number of hydrogen-bond acceptors (Lipinski definition) is 2. The van der Waals surface area contributed by atoms with Gasteiger partial charge in [0.15, 0.2) is 0 Å². The molecule has 3 heteroatoms. The molecule has 0 fully saturated rings. The van der Waals surface area contributed by atoms with Crippen molar-refractivity contribution >= 4 is 5.91 Å². The van der Waals surface area contributed by atoms with Gasteiger partial charge in [0.05, 0.1) is 12.1 Å². The van der Waals surface area contributed by atoms with Gasteiger partial charge in [0.2, 0.25) is 5.91 Å². The molecule has 0 aromatic heterocycles. The number of aliphatic hydroxyl groups is 1. The van der Waals surface area contributed by atoms with Gasteiger partial charge in [-0.2, -0.15) is 0 Å². The third kappa shape index (κ3) is 4.67. The van der Waals surface area contributed by atoms with Crippen LogP contribution in [0, 0.1) is 6.92 Å². The Bertz CT molecular complexity index is 650. The molecule has 2 aromatic rings. The SMILES string of the molecule is Cc1ccccc1C(CC(=O)NC(C)(C)CO)c1ccccc1. The third-order valence-electron chi connectivity index (χ3n) is 4.03. The Morgan fingerprint density at radius 1 is 1.09 bits per heavy atom. The second-order valence-electron chi connectivity index (χ2n) is 6.61. The number of carbonyl (C=O) groups is 1. The maximum atomic E-state index is 12.5. The fourth-order valence-corrected chi connectivity index (χ4v) is 2.72. The van der Waals surface area contributed by atoms with E-state index in [0.29, 0.717) is 6.42 Å². The highest BCUT2D eigenvalue weighted by molar-refractivity contribution is 5.78. The van der Waals surface area contributed by atoms with Gasteiger partial charge in [0.25, 0.3) is 0 Å². The molecule has 0 heterocycles. The average molecular weight is 311 g/mol. The number of hydrogen-bond donors (Lipinski definition) is 2. The smallest absolute Gasteiger partial charge is 0.221 e. The zero-order chi connectivity index (χ0) is 16.9. The van der Waals surface area contributed by atoms with E-state index in [4.69, 9.17) is 0 Å². The summed E-state index contributed by atoms with van der Waals surface area (Å²) in [6.45, 7) is 5.62. The number of amides is 1. The van der Waals surface area contributed by atoms with Gasteiger partial charge in [-0.25, -0.2) is 0 Å². The Labute approximate surface area is 138 Å². The van der Waals surface area contributed by atoms with Crippen molar-refractivity contribution in [3.63, 3.8) is 0 Å². The first-order valence-corrected chi connectivity index (χ1v) is 7.95. The molecule has 0 saturated carbocycles. The van der Waals surface area contributed by atoms with Gasteiger partial charge in [-0.3, -0.25) is 4.79 Å². The van der Waals surface area contributed by atoms with Crippen molar-refractivity contribution in [2.75, 3.05) is 6.61 Å². The highest BCUT2D eigenvalue weighted by Gasteiger charge is 2.24. The first kappa shape index (κ1) is 17.2. The first-order chi connectivity index (χ1) is 10.9. The van der Waals surface area contributed by atoms with Crippen molar-refractivity contribution in [2.45, 2.75) is 38.6 Å². The van der Waals surface area contributed by atoms with Gasteiger partial charge in [-0.1, -0.05) is 54.6 Å². The standard InChI is InChI=1S/C20H25NO2/c1-15-9-7-8-12-17(15)18(16-10-5-4-6-11-16)13-19(23)21-20(2,3)14-22/h4-12,18,22H,13-14H2,1-3H3,(H,21,23). The van der Waals surface area contributed by atoms with E-state index in [1.807, 2.05) is 44.2 Å². The van der Waals surface area contributed by atoms with E-state index in [-0.39, 0.29) is 18.4 Å². The number of benzene rings is 2. The predicted octanol–water partition coefficient (Wildman–Crippen LogP) is 3.40. The van der Waals surface area contributed by atoms with Gasteiger partial charge in [0, 0.05) is 12.3 Å². The topological polar surface area (TPSA) is 49.3 Å². The Balaban J connectivity index is 2.29. The first-order valence-electron chi connectivity index (χ1n) is 7.95. The van der Waals surface area contributed by atoms with Crippen molar-refractivity contribution in [2.24, 2.45) is 0 Å². The fourth-order valence-electron chi connectivity index (χ4n) is 2.72. The lowest BCUT2D eigenvalue weighted by Gasteiger charge is -2.26. The summed E-state index contributed by atoms with van der Waals surface area (Å²) in [4.78, 5) is 12.5. The average Bonchev–Trinajstić information content (AvgIpc) is 2.54. The highest BCUT2D eigenvalue weighted by atomic mass is 16.3. The van der Waals surface area contributed by atoms with Crippen LogP contribution >= 0.6 is 0 Å². The molecule has 0 radical (unpaired) electrons. The summed E-state index contributed by atoms with van der Waals surface area (Å²) in [6.07, 6.45) is 0.359. The summed E-state index contributed by atoms with van der Waals surface area (Å²) in [7, 11) is 0. The van der Waals surface area contributed by atoms with Gasteiger partial charge in [-0.05, 0) is 37.5 Å². The number of aliphatic hydroxyl groups excluding tert-OH is 1. The lowest BCUT2D eigenvalue weighted by Crippen LogP contribution is -2.46. The summed E-state index contributed by atoms with van der Waals surface area (Å²) >= 11 is 0. The Morgan fingerprint density at radius 3 is 2.30 bits per heavy atom. The van der Waals surface area contributed by atoms with E-state index in [2.05, 4.69) is 36.5 Å². The van der Waals surface area contributed by atoms with Gasteiger partial charge < -0.3 is 10.4 Å². The largest absolute Gasteiger partial charge is 0.394 e. The Morgan fingerprint density at radius 2 is 1.70 bits per heavy atom. The van der Waals surface area contributed by atoms with Crippen LogP contribution in [0.2, 0.25) is 0 Å². The predicted molar refractivity (Wildman–Crippen MR) is 93.4 cm³/mol. The number of aryl methyl sites for hydroxylation is 1. The summed E-state index contributed by atoms with van der Waals surface area (Å²) in [5.74, 6) is -0.0481. The fraction of sp³-hybridized carbons (Fsp3) is 0.350. The van der Waals surface area contributed by atoms with Crippen LogP contribution in [0.4, 0.5) is 0 Å². The minimum atomic E-state index is -0.607. The molecular formula is C20H25NO2. The second kappa shape index (κ2) is 7.42. The van der Waals surface area contributed by atoms with E-state index in [0.717, 1.165) is 11.1 Å². The summed E-state index contributed by atoms with van der Waals surface area (Å²) in [5.41, 5.74) is 2.86. The van der Waals surface area contributed by atoms with Crippen molar-refractivity contribution in [1.82, 2.24) is 5.32 Å². The maximum absolute atomic E-state index is 12.5. The molecule has 0 saturated heterocycles. The molecule has 0 aliphatic heterocycles. The summed E-state index contributed by atoms with van der Waals surface area (Å²) in [6, 6.07) is 18.3. The number of carbonyl (C=O) groups excluding carboxylic acids is 1. The molecule has 23 heavy (non-hydrogen) atoms. The molecule has 2 N–H and O–H groups in total. The zero-order valence-corrected chi connectivity index (χ0v) is 14.0. The lowest BCUT2D eigenvalue weighted by molar-refractivity contribution is -0.123. The Kier molecular flexibility index (Phi) is 5.56. The molecule has 0 bridgehead atoms. The van der Waals surface area contributed by atoms with Crippen LogP contribution in [0.15, 0.2) is 54.6 Å². The van der Waals surface area contributed by atoms with Crippen LogP contribution in [0.5, 0.6) is 0 Å². The summed E-state index contributed by atoms with van der Waals surface area (Å²) < 4.78 is 0. The van der Waals surface area contributed by atoms with E-state index >= 15 is 0 Å². The normalized spacial score (nSPS) is 12.7. The van der Waals surface area contributed by atoms with Gasteiger partial charge >= 0.3 is 0 Å². The van der Waals surface area contributed by atoms with Crippen LogP contribution < -0.4 is 5.32 Å². The minimum Gasteiger partial charge on any atom is -0.394 e. The minimum absolute atomic E-state index is 0.00638. The number of rotatable bonds is 6. The molecule has 2 rings (SSSR count). The van der Waals surface area contributed by atoms with E-state index in [1.165, 1.54) is 5.56 Å². The molecule has 2 aromatic carbocycles. The molecule has 0 spiro atoms. The monoisotopic (exact) mass is 311 g/mol. The molecule has 0 aliphatic carbocycles. The van der Waals surface area contributed by atoms with Crippen LogP contribution in [0.25, 0.3) is 0 Å². The molecule has 3 nitrogen and oxygen atoms in total. The van der Waals surface area contributed by atoms with E-state index in [9.17, 15) is 9.90 Å². The molecule has 1 amide bonds. The van der Waals surface area contributed by atoms with Gasteiger partial charge in [-0.15, -0.1) is 0 Å². The van der Waals surface area contributed by atoms with E-state index in [1.54, 1.807) is 0 Å². The molecule has 0 aliphatic rings. The van der Waals surface area contributed by atoms with Gasteiger partial charge in [0.1, 0.15) is 0 Å². The maximum Gasteiger partial charge on any atom is 0.221 e. The highest BCUT2D eigenvalue weighted by Crippen LogP contribution is 2.30. The summed E-state index contributed by atoms with van der Waals surface area (Å²) in [5, 5.41) is 12.2.